The average molecular weight is 198 g/mol. The van der Waals surface area contributed by atoms with Crippen LogP contribution in [-0.2, 0) is 6.42 Å². The van der Waals surface area contributed by atoms with Crippen LogP contribution in [0, 0.1) is 27.7 Å². The molecule has 2 rings (SSSR count). The molecule has 0 saturated heterocycles. The van der Waals surface area contributed by atoms with Gasteiger partial charge in [-0.3, -0.25) is 0 Å². The van der Waals surface area contributed by atoms with Gasteiger partial charge < -0.3 is 0 Å². The van der Waals surface area contributed by atoms with E-state index in [1.54, 1.807) is 0 Å². The summed E-state index contributed by atoms with van der Waals surface area (Å²) in [6, 6.07) is 8.64. The molecule has 15 heavy (non-hydrogen) atoms. The second kappa shape index (κ2) is 3.69. The minimum Gasteiger partial charge on any atom is -0.213 e. The molecule has 0 saturated carbocycles. The molecule has 0 amide bonds. The van der Waals surface area contributed by atoms with E-state index in [1.807, 2.05) is 0 Å². The Hall–Kier alpha value is -1.30. The maximum absolute atomic E-state index is 2.24. The van der Waals surface area contributed by atoms with Gasteiger partial charge >= 0.3 is 0 Å². The van der Waals surface area contributed by atoms with Gasteiger partial charge in [0, 0.05) is 0 Å². The number of rotatable bonds is 2. The predicted octanol–water partition coefficient (Wildman–Crippen LogP) is 3.95. The fourth-order valence-corrected chi connectivity index (χ4v) is 2.30. The lowest BCUT2D eigenvalue weighted by molar-refractivity contribution is 1.15. The van der Waals surface area contributed by atoms with Crippen molar-refractivity contribution in [2.24, 2.45) is 0 Å². The van der Waals surface area contributed by atoms with E-state index in [0.29, 0.717) is 0 Å². The van der Waals surface area contributed by atoms with E-state index < -0.39 is 0 Å². The molecule has 0 bridgehead atoms. The summed E-state index contributed by atoms with van der Waals surface area (Å²) >= 11 is 0. The van der Waals surface area contributed by atoms with Crippen molar-refractivity contribution in [3.63, 3.8) is 0 Å². The van der Waals surface area contributed by atoms with Gasteiger partial charge in [-0.15, -0.1) is 0 Å². The summed E-state index contributed by atoms with van der Waals surface area (Å²) in [5.74, 6) is 0. The summed E-state index contributed by atoms with van der Waals surface area (Å²) in [5.41, 5.74) is 8.84. The van der Waals surface area contributed by atoms with E-state index >= 15 is 0 Å². The van der Waals surface area contributed by atoms with E-state index in [4.69, 9.17) is 0 Å². The summed E-state index contributed by atoms with van der Waals surface area (Å²) < 4.78 is 0. The van der Waals surface area contributed by atoms with Crippen molar-refractivity contribution in [2.75, 3.05) is 0 Å². The quantitative estimate of drug-likeness (QED) is 0.641. The highest BCUT2D eigenvalue weighted by molar-refractivity contribution is 5.51. The van der Waals surface area contributed by atoms with E-state index in [1.165, 1.54) is 33.4 Å². The van der Waals surface area contributed by atoms with Crippen molar-refractivity contribution in [1.29, 1.82) is 0 Å². The average Bonchev–Trinajstić information content (AvgIpc) is 2.79. The molecule has 0 aliphatic heterocycles. The molecule has 0 radical (unpaired) electrons. The van der Waals surface area contributed by atoms with Crippen molar-refractivity contribution in [3.8, 4) is 0 Å². The minimum absolute atomic E-state index is 1.08. The largest absolute Gasteiger partial charge is 0.213 e. The van der Waals surface area contributed by atoms with Gasteiger partial charge in [0.25, 0.3) is 0 Å². The SMILES string of the molecule is Cc1c(C)c(Cc2ccc[cH-]2)[c-](C)c1C. The molecular weight excluding hydrogens is 180 g/mol. The second-order valence-electron chi connectivity index (χ2n) is 4.45. The monoisotopic (exact) mass is 198 g/mol. The lowest BCUT2D eigenvalue weighted by Crippen LogP contribution is -1.89. The van der Waals surface area contributed by atoms with E-state index in [2.05, 4.69) is 52.0 Å². The van der Waals surface area contributed by atoms with Crippen LogP contribution in [0.5, 0.6) is 0 Å². The minimum atomic E-state index is 1.08. The van der Waals surface area contributed by atoms with E-state index in [-0.39, 0.29) is 0 Å². The van der Waals surface area contributed by atoms with Crippen LogP contribution in [0.15, 0.2) is 24.3 Å². The van der Waals surface area contributed by atoms with Crippen LogP contribution in [0.3, 0.4) is 0 Å². The molecule has 0 aliphatic carbocycles. The Balaban J connectivity index is 2.41. The van der Waals surface area contributed by atoms with Crippen LogP contribution in [0.1, 0.15) is 33.4 Å². The maximum Gasteiger partial charge on any atom is -0.0490 e. The number of hydrogen-bond acceptors (Lipinski definition) is 0. The van der Waals surface area contributed by atoms with Crippen LogP contribution in [-0.4, -0.2) is 0 Å². The van der Waals surface area contributed by atoms with E-state index in [9.17, 15) is 0 Å². The van der Waals surface area contributed by atoms with Crippen LogP contribution in [0.25, 0.3) is 0 Å². The third-order valence-corrected chi connectivity index (χ3v) is 3.71. The van der Waals surface area contributed by atoms with Crippen molar-refractivity contribution >= 4 is 0 Å². The summed E-state index contributed by atoms with van der Waals surface area (Å²) in [7, 11) is 0. The molecule has 0 aliphatic rings. The molecule has 2 aromatic carbocycles. The molecule has 0 aromatic heterocycles. The summed E-state index contributed by atoms with van der Waals surface area (Å²) in [4.78, 5) is 0. The Bertz CT molecular complexity index is 427. The Kier molecular flexibility index (Phi) is 2.52. The molecule has 0 unspecified atom stereocenters. The zero-order chi connectivity index (χ0) is 11.0. The van der Waals surface area contributed by atoms with Crippen molar-refractivity contribution in [3.05, 3.63) is 57.6 Å². The Morgan fingerprint density at radius 1 is 1.20 bits per heavy atom. The van der Waals surface area contributed by atoms with Crippen LogP contribution in [0.2, 0.25) is 0 Å². The van der Waals surface area contributed by atoms with E-state index in [0.717, 1.165) is 6.42 Å². The fraction of sp³-hybridized carbons (Fsp3) is 0.333. The van der Waals surface area contributed by atoms with Crippen LogP contribution in [0.4, 0.5) is 0 Å². The topological polar surface area (TPSA) is 0 Å². The van der Waals surface area contributed by atoms with Crippen molar-refractivity contribution in [2.45, 2.75) is 34.1 Å². The van der Waals surface area contributed by atoms with Gasteiger partial charge in [0.2, 0.25) is 0 Å². The molecule has 0 atom stereocenters. The third kappa shape index (κ3) is 1.65. The van der Waals surface area contributed by atoms with Gasteiger partial charge in [0.1, 0.15) is 0 Å². The molecular formula is C15H18-2. The number of hydrogen-bond donors (Lipinski definition) is 0. The molecule has 0 spiro atoms. The molecule has 0 heteroatoms. The summed E-state index contributed by atoms with van der Waals surface area (Å²) in [6.45, 7) is 8.94. The fourth-order valence-electron chi connectivity index (χ4n) is 2.30. The van der Waals surface area contributed by atoms with Crippen LogP contribution >= 0.6 is 0 Å². The second-order valence-corrected chi connectivity index (χ2v) is 4.45. The van der Waals surface area contributed by atoms with Gasteiger partial charge in [-0.1, -0.05) is 27.7 Å². The van der Waals surface area contributed by atoms with Crippen molar-refractivity contribution in [1.82, 2.24) is 0 Å². The molecule has 80 valence electrons. The Morgan fingerprint density at radius 2 is 1.93 bits per heavy atom. The van der Waals surface area contributed by atoms with Gasteiger partial charge in [0.15, 0.2) is 0 Å². The zero-order valence-corrected chi connectivity index (χ0v) is 10.0. The maximum atomic E-state index is 2.24. The van der Waals surface area contributed by atoms with Gasteiger partial charge in [-0.05, 0) is 6.42 Å². The van der Waals surface area contributed by atoms with Crippen LogP contribution < -0.4 is 0 Å². The van der Waals surface area contributed by atoms with Crippen molar-refractivity contribution < 1.29 is 0 Å². The standard InChI is InChI=1S/C15H18/c1-10-11(2)13(4)15(12(10)3)9-14-7-5-6-8-14/h5-8H,9H2,1-4H3/q-2. The van der Waals surface area contributed by atoms with Gasteiger partial charge in [-0.2, -0.15) is 45.5 Å². The first-order valence-corrected chi connectivity index (χ1v) is 5.53. The predicted molar refractivity (Wildman–Crippen MR) is 65.8 cm³/mol. The summed E-state index contributed by atoms with van der Waals surface area (Å²) in [5, 5.41) is 0. The van der Waals surface area contributed by atoms with Gasteiger partial charge in [-0.25, -0.2) is 12.1 Å². The molecule has 0 fully saturated rings. The Labute approximate surface area is 92.3 Å². The first-order chi connectivity index (χ1) is 7.11. The molecule has 2 aromatic rings. The first kappa shape index (κ1) is 10.2. The zero-order valence-electron chi connectivity index (χ0n) is 10.0. The molecule has 0 N–H and O–H groups in total. The molecule has 0 nitrogen and oxygen atoms in total. The molecule has 0 heterocycles. The first-order valence-electron chi connectivity index (χ1n) is 5.53. The Morgan fingerprint density at radius 3 is 2.40 bits per heavy atom. The highest BCUT2D eigenvalue weighted by Crippen LogP contribution is 2.28. The normalized spacial score (nSPS) is 10.9. The highest BCUT2D eigenvalue weighted by atomic mass is 14.2. The lowest BCUT2D eigenvalue weighted by atomic mass is 10.0. The van der Waals surface area contributed by atoms with Gasteiger partial charge in [0.05, 0.1) is 0 Å². The smallest absolute Gasteiger partial charge is 0.0490 e. The highest BCUT2D eigenvalue weighted by Gasteiger charge is 2.01. The third-order valence-electron chi connectivity index (χ3n) is 3.71. The summed E-state index contributed by atoms with van der Waals surface area (Å²) in [6.07, 6.45) is 1.08. The lowest BCUT2D eigenvalue weighted by Gasteiger charge is -2.12.